The third-order valence-corrected chi connectivity index (χ3v) is 2.47. The molecule has 19 heavy (non-hydrogen) atoms. The molecule has 0 aromatic carbocycles. The van der Waals surface area contributed by atoms with Crippen LogP contribution in [0.5, 0.6) is 0 Å². The maximum absolute atomic E-state index is 11.9. The fourth-order valence-corrected chi connectivity index (χ4v) is 1.67. The molecule has 1 aromatic rings. The Kier molecular flexibility index (Phi) is 6.05. The highest BCUT2D eigenvalue weighted by Crippen LogP contribution is 1.95. The van der Waals surface area contributed by atoms with Gasteiger partial charge in [-0.1, -0.05) is 6.92 Å². The van der Waals surface area contributed by atoms with E-state index < -0.39 is 0 Å². The normalized spacial score (nSPS) is 10.5. The second kappa shape index (κ2) is 7.56. The predicted octanol–water partition coefficient (Wildman–Crippen LogP) is 0.980. The topological polar surface area (TPSA) is 76.0 Å². The van der Waals surface area contributed by atoms with E-state index in [-0.39, 0.29) is 17.5 Å². The van der Waals surface area contributed by atoms with Gasteiger partial charge in [0.2, 0.25) is 5.91 Å². The summed E-state index contributed by atoms with van der Waals surface area (Å²) in [6.07, 6.45) is 4.47. The highest BCUT2D eigenvalue weighted by Gasteiger charge is 2.06. The molecule has 0 saturated heterocycles. The van der Waals surface area contributed by atoms with Gasteiger partial charge in [-0.15, -0.1) is 0 Å². The Balaban J connectivity index is 2.52. The van der Waals surface area contributed by atoms with Crippen LogP contribution >= 0.6 is 0 Å². The summed E-state index contributed by atoms with van der Waals surface area (Å²) in [7, 11) is 0. The average molecular weight is 266 g/mol. The Hall–Kier alpha value is -1.85. The Morgan fingerprint density at radius 1 is 1.47 bits per heavy atom. The van der Waals surface area contributed by atoms with Crippen LogP contribution in [0, 0.1) is 0 Å². The summed E-state index contributed by atoms with van der Waals surface area (Å²) in [6.45, 7) is 6.90. The van der Waals surface area contributed by atoms with E-state index in [4.69, 9.17) is 0 Å². The zero-order chi connectivity index (χ0) is 14.3. The minimum absolute atomic E-state index is 0.0349. The first-order valence-corrected chi connectivity index (χ1v) is 6.63. The molecular weight excluding hydrogens is 244 g/mol. The fraction of sp³-hybridized carbons (Fsp3) is 0.615. The molecule has 1 aromatic heterocycles. The maximum atomic E-state index is 11.9. The minimum Gasteiger partial charge on any atom is -0.365 e. The van der Waals surface area contributed by atoms with Crippen LogP contribution in [0.2, 0.25) is 0 Å². The first-order valence-electron chi connectivity index (χ1n) is 6.63. The Morgan fingerprint density at radius 3 is 2.84 bits per heavy atom. The lowest BCUT2D eigenvalue weighted by Gasteiger charge is -2.10. The molecule has 0 spiro atoms. The molecule has 0 bridgehead atoms. The summed E-state index contributed by atoms with van der Waals surface area (Å²) in [5.41, 5.74) is -0.145. The Morgan fingerprint density at radius 2 is 2.21 bits per heavy atom. The van der Waals surface area contributed by atoms with E-state index in [0.29, 0.717) is 25.3 Å². The maximum Gasteiger partial charge on any atom is 0.293 e. The van der Waals surface area contributed by atoms with Gasteiger partial charge in [-0.05, 0) is 20.3 Å². The molecule has 0 unspecified atom stereocenters. The molecule has 2 N–H and O–H groups in total. The van der Waals surface area contributed by atoms with Crippen LogP contribution in [0.1, 0.15) is 33.6 Å². The van der Waals surface area contributed by atoms with E-state index in [9.17, 15) is 9.59 Å². The molecule has 1 amide bonds. The highest BCUT2D eigenvalue weighted by atomic mass is 16.1. The number of carbonyl (C=O) groups excluding carboxylic acids is 1. The lowest BCUT2D eigenvalue weighted by atomic mass is 10.3. The number of aromatic nitrogens is 2. The van der Waals surface area contributed by atoms with Gasteiger partial charge < -0.3 is 15.2 Å². The molecule has 0 fully saturated rings. The molecular formula is C13H22N4O2. The van der Waals surface area contributed by atoms with E-state index in [2.05, 4.69) is 15.6 Å². The molecule has 0 radical (unpaired) electrons. The van der Waals surface area contributed by atoms with Gasteiger partial charge in [0, 0.05) is 37.9 Å². The second-order valence-corrected chi connectivity index (χ2v) is 4.67. The molecule has 6 nitrogen and oxygen atoms in total. The van der Waals surface area contributed by atoms with E-state index in [0.717, 1.165) is 6.42 Å². The smallest absolute Gasteiger partial charge is 0.293 e. The van der Waals surface area contributed by atoms with Crippen LogP contribution in [-0.2, 0) is 11.3 Å². The van der Waals surface area contributed by atoms with Gasteiger partial charge in [0.15, 0.2) is 5.82 Å². The Bertz CT molecular complexity index is 468. The van der Waals surface area contributed by atoms with Crippen molar-refractivity contribution >= 4 is 11.7 Å². The summed E-state index contributed by atoms with van der Waals surface area (Å²) >= 11 is 0. The molecule has 6 heteroatoms. The van der Waals surface area contributed by atoms with Gasteiger partial charge in [-0.3, -0.25) is 9.59 Å². The molecule has 0 aliphatic rings. The number of nitrogens with zero attached hydrogens (tertiary/aromatic N) is 2. The van der Waals surface area contributed by atoms with E-state index in [1.54, 1.807) is 17.0 Å². The molecule has 0 aliphatic carbocycles. The standard InChI is InChI=1S/C13H22N4O2/c1-4-8-17-9-7-15-12(13(17)19)14-6-5-11(18)16-10(2)3/h7,9-10H,4-6,8H2,1-3H3,(H,14,15)(H,16,18). The van der Waals surface area contributed by atoms with Gasteiger partial charge in [0.1, 0.15) is 0 Å². The molecule has 1 heterocycles. The first-order chi connectivity index (χ1) is 9.04. The van der Waals surface area contributed by atoms with Crippen LogP contribution in [0.25, 0.3) is 0 Å². The summed E-state index contributed by atoms with van der Waals surface area (Å²) < 4.78 is 1.61. The Labute approximate surface area is 113 Å². The zero-order valence-electron chi connectivity index (χ0n) is 11.8. The lowest BCUT2D eigenvalue weighted by molar-refractivity contribution is -0.121. The van der Waals surface area contributed by atoms with Gasteiger partial charge in [-0.2, -0.15) is 0 Å². The number of hydrogen-bond acceptors (Lipinski definition) is 4. The van der Waals surface area contributed by atoms with Gasteiger partial charge in [-0.25, -0.2) is 4.98 Å². The number of amides is 1. The van der Waals surface area contributed by atoms with Crippen LogP contribution in [0.4, 0.5) is 5.82 Å². The summed E-state index contributed by atoms with van der Waals surface area (Å²) in [4.78, 5) is 27.4. The third-order valence-electron chi connectivity index (χ3n) is 2.47. The number of aryl methyl sites for hydroxylation is 1. The van der Waals surface area contributed by atoms with E-state index in [1.807, 2.05) is 20.8 Å². The SMILES string of the molecule is CCCn1ccnc(NCCC(=O)NC(C)C)c1=O. The number of nitrogens with one attached hydrogen (secondary N) is 2. The predicted molar refractivity (Wildman–Crippen MR) is 75.2 cm³/mol. The van der Waals surface area contributed by atoms with Crippen molar-refractivity contribution in [3.8, 4) is 0 Å². The molecule has 1 rings (SSSR count). The van der Waals surface area contributed by atoms with Crippen molar-refractivity contribution in [1.82, 2.24) is 14.9 Å². The van der Waals surface area contributed by atoms with E-state index >= 15 is 0 Å². The van der Waals surface area contributed by atoms with E-state index in [1.165, 1.54) is 0 Å². The van der Waals surface area contributed by atoms with Gasteiger partial charge in [0.05, 0.1) is 0 Å². The fourth-order valence-electron chi connectivity index (χ4n) is 1.67. The van der Waals surface area contributed by atoms with Crippen molar-refractivity contribution in [2.24, 2.45) is 0 Å². The number of hydrogen-bond donors (Lipinski definition) is 2. The summed E-state index contributed by atoms with van der Waals surface area (Å²) in [5, 5.41) is 5.70. The molecule has 0 atom stereocenters. The monoisotopic (exact) mass is 266 g/mol. The quantitative estimate of drug-likeness (QED) is 0.771. The molecule has 0 aliphatic heterocycles. The largest absolute Gasteiger partial charge is 0.365 e. The molecule has 0 saturated carbocycles. The van der Waals surface area contributed by atoms with Crippen molar-refractivity contribution in [2.75, 3.05) is 11.9 Å². The number of anilines is 1. The lowest BCUT2D eigenvalue weighted by Crippen LogP contribution is -2.32. The highest BCUT2D eigenvalue weighted by molar-refractivity contribution is 5.76. The zero-order valence-corrected chi connectivity index (χ0v) is 11.8. The summed E-state index contributed by atoms with van der Waals surface area (Å²) in [6, 6.07) is 0.129. The van der Waals surface area contributed by atoms with Crippen molar-refractivity contribution in [1.29, 1.82) is 0 Å². The van der Waals surface area contributed by atoms with Crippen molar-refractivity contribution in [3.63, 3.8) is 0 Å². The average Bonchev–Trinajstić information content (AvgIpc) is 2.33. The van der Waals surface area contributed by atoms with Gasteiger partial charge in [0.25, 0.3) is 5.56 Å². The van der Waals surface area contributed by atoms with Crippen LogP contribution in [0.15, 0.2) is 17.2 Å². The van der Waals surface area contributed by atoms with Crippen LogP contribution in [0.3, 0.4) is 0 Å². The molecule has 106 valence electrons. The van der Waals surface area contributed by atoms with Gasteiger partial charge >= 0.3 is 0 Å². The number of rotatable bonds is 7. The minimum atomic E-state index is -0.145. The van der Waals surface area contributed by atoms with Crippen molar-refractivity contribution in [3.05, 3.63) is 22.7 Å². The van der Waals surface area contributed by atoms with Crippen LogP contribution in [-0.4, -0.2) is 28.0 Å². The van der Waals surface area contributed by atoms with Crippen molar-refractivity contribution < 1.29 is 4.79 Å². The second-order valence-electron chi connectivity index (χ2n) is 4.67. The van der Waals surface area contributed by atoms with Crippen molar-refractivity contribution in [2.45, 2.75) is 46.2 Å². The summed E-state index contributed by atoms with van der Waals surface area (Å²) in [5.74, 6) is 0.264. The van der Waals surface area contributed by atoms with Crippen LogP contribution < -0.4 is 16.2 Å². The first kappa shape index (κ1) is 15.2. The third kappa shape index (κ3) is 5.11. The number of carbonyl (C=O) groups is 1.